The summed E-state index contributed by atoms with van der Waals surface area (Å²) in [7, 11) is 0. The van der Waals surface area contributed by atoms with Crippen LogP contribution in [-0.2, 0) is 0 Å². The van der Waals surface area contributed by atoms with Crippen LogP contribution in [0.1, 0.15) is 0 Å². The standard InChI is InChI=1S/C4H4N6/c5-3-4-7-2-9-10(4)8-1-6-3/h1-2H,(H2,5,6,8). The van der Waals surface area contributed by atoms with Gasteiger partial charge in [-0.25, -0.2) is 9.97 Å². The van der Waals surface area contributed by atoms with Crippen LogP contribution in [0, 0.1) is 0 Å². The zero-order valence-electron chi connectivity index (χ0n) is 4.97. The van der Waals surface area contributed by atoms with E-state index in [4.69, 9.17) is 5.73 Å². The third kappa shape index (κ3) is 0.524. The van der Waals surface area contributed by atoms with Gasteiger partial charge in [-0.2, -0.15) is 0 Å². The second-order valence-electron chi connectivity index (χ2n) is 1.72. The first-order chi connectivity index (χ1) is 4.88. The molecule has 0 amide bonds. The van der Waals surface area contributed by atoms with Gasteiger partial charge in [0.25, 0.3) is 0 Å². The first-order valence-corrected chi connectivity index (χ1v) is 2.64. The molecule has 2 N–H and O–H groups in total. The van der Waals surface area contributed by atoms with Gasteiger partial charge in [0.1, 0.15) is 12.7 Å². The highest BCUT2D eigenvalue weighted by molar-refractivity contribution is 5.56. The molecule has 0 aliphatic heterocycles. The molecule has 0 radical (unpaired) electrons. The van der Waals surface area contributed by atoms with Crippen molar-refractivity contribution >= 4 is 11.5 Å². The molecule has 0 saturated carbocycles. The van der Waals surface area contributed by atoms with E-state index in [0.29, 0.717) is 11.5 Å². The van der Waals surface area contributed by atoms with Crippen LogP contribution in [0.5, 0.6) is 0 Å². The first kappa shape index (κ1) is 5.10. The fraction of sp³-hybridized carbons (Fsp3) is 0. The summed E-state index contributed by atoms with van der Waals surface area (Å²) in [5, 5.41) is 7.51. The number of aromatic nitrogens is 5. The minimum Gasteiger partial charge on any atom is -0.380 e. The molecule has 0 atom stereocenters. The third-order valence-electron chi connectivity index (χ3n) is 1.12. The normalized spacial score (nSPS) is 10.4. The van der Waals surface area contributed by atoms with E-state index >= 15 is 0 Å². The second kappa shape index (κ2) is 1.63. The molecule has 2 heterocycles. The lowest BCUT2D eigenvalue weighted by molar-refractivity contribution is 0.783. The van der Waals surface area contributed by atoms with Crippen LogP contribution in [0.2, 0.25) is 0 Å². The lowest BCUT2D eigenvalue weighted by Gasteiger charge is -1.90. The Hall–Kier alpha value is -1.72. The smallest absolute Gasteiger partial charge is 0.218 e. The molecule has 0 aliphatic carbocycles. The highest BCUT2D eigenvalue weighted by Gasteiger charge is 1.98. The number of hydrogen-bond acceptors (Lipinski definition) is 5. The molecule has 0 saturated heterocycles. The Morgan fingerprint density at radius 2 is 1.90 bits per heavy atom. The van der Waals surface area contributed by atoms with Crippen LogP contribution >= 0.6 is 0 Å². The first-order valence-electron chi connectivity index (χ1n) is 2.64. The van der Waals surface area contributed by atoms with Crippen molar-refractivity contribution in [3.63, 3.8) is 0 Å². The van der Waals surface area contributed by atoms with Gasteiger partial charge in [-0.3, -0.25) is 0 Å². The van der Waals surface area contributed by atoms with Crippen LogP contribution in [-0.4, -0.2) is 24.8 Å². The molecule has 0 spiro atoms. The Labute approximate surface area is 55.7 Å². The Morgan fingerprint density at radius 1 is 1.20 bits per heavy atom. The van der Waals surface area contributed by atoms with Gasteiger partial charge >= 0.3 is 0 Å². The largest absolute Gasteiger partial charge is 0.380 e. The van der Waals surface area contributed by atoms with Gasteiger partial charge in [-0.1, -0.05) is 0 Å². The molecule has 0 fully saturated rings. The van der Waals surface area contributed by atoms with Crippen molar-refractivity contribution in [2.45, 2.75) is 0 Å². The van der Waals surface area contributed by atoms with Gasteiger partial charge in [0, 0.05) is 0 Å². The van der Waals surface area contributed by atoms with Crippen LogP contribution in [0.3, 0.4) is 0 Å². The molecule has 6 nitrogen and oxygen atoms in total. The molecule has 0 unspecified atom stereocenters. The molecule has 2 rings (SSSR count). The average Bonchev–Trinajstić information content (AvgIpc) is 2.36. The lowest BCUT2D eigenvalue weighted by atomic mass is 10.7. The SMILES string of the molecule is Nc1ncnn2ncnc12. The van der Waals surface area contributed by atoms with Gasteiger partial charge < -0.3 is 5.73 Å². The predicted octanol–water partition coefficient (Wildman–Crippen LogP) is -0.899. The average molecular weight is 136 g/mol. The number of hydrogen-bond donors (Lipinski definition) is 1. The van der Waals surface area contributed by atoms with Crippen molar-refractivity contribution in [2.24, 2.45) is 0 Å². The molecule has 2 aromatic heterocycles. The van der Waals surface area contributed by atoms with Crippen LogP contribution in [0.15, 0.2) is 12.7 Å². The van der Waals surface area contributed by atoms with Gasteiger partial charge in [-0.05, 0) is 0 Å². The van der Waals surface area contributed by atoms with E-state index in [1.807, 2.05) is 0 Å². The number of nitrogens with zero attached hydrogens (tertiary/aromatic N) is 5. The zero-order valence-corrected chi connectivity index (χ0v) is 4.97. The summed E-state index contributed by atoms with van der Waals surface area (Å²) >= 11 is 0. The van der Waals surface area contributed by atoms with Crippen molar-refractivity contribution in [2.75, 3.05) is 5.73 Å². The lowest BCUT2D eigenvalue weighted by Crippen LogP contribution is -1.99. The quantitative estimate of drug-likeness (QED) is 0.507. The molecule has 0 aromatic carbocycles. The molecule has 10 heavy (non-hydrogen) atoms. The van der Waals surface area contributed by atoms with E-state index in [1.165, 1.54) is 17.3 Å². The summed E-state index contributed by atoms with van der Waals surface area (Å²) in [5.74, 6) is 0.340. The van der Waals surface area contributed by atoms with Crippen molar-refractivity contribution in [1.82, 2.24) is 24.8 Å². The van der Waals surface area contributed by atoms with Gasteiger partial charge in [0.2, 0.25) is 5.65 Å². The second-order valence-corrected chi connectivity index (χ2v) is 1.72. The predicted molar refractivity (Wildman–Crippen MR) is 33.0 cm³/mol. The van der Waals surface area contributed by atoms with Crippen molar-refractivity contribution in [3.05, 3.63) is 12.7 Å². The Kier molecular flexibility index (Phi) is 0.830. The summed E-state index contributed by atoms with van der Waals surface area (Å²) < 4.78 is 1.32. The fourth-order valence-electron chi connectivity index (χ4n) is 0.684. The van der Waals surface area contributed by atoms with Gasteiger partial charge in [0.15, 0.2) is 5.82 Å². The number of nitrogen functional groups attached to an aromatic ring is 1. The summed E-state index contributed by atoms with van der Waals surface area (Å²) in [4.78, 5) is 7.54. The maximum absolute atomic E-state index is 5.43. The Balaban J connectivity index is 2.95. The topological polar surface area (TPSA) is 82.0 Å². The van der Waals surface area contributed by atoms with E-state index < -0.39 is 0 Å². The maximum atomic E-state index is 5.43. The molecular formula is C4H4N6. The summed E-state index contributed by atoms with van der Waals surface area (Å²) in [6.45, 7) is 0. The van der Waals surface area contributed by atoms with E-state index in [0.717, 1.165) is 0 Å². The number of anilines is 1. The Morgan fingerprint density at radius 3 is 2.60 bits per heavy atom. The zero-order chi connectivity index (χ0) is 6.97. The van der Waals surface area contributed by atoms with Gasteiger partial charge in [-0.15, -0.1) is 14.8 Å². The van der Waals surface area contributed by atoms with E-state index in [-0.39, 0.29) is 0 Å². The molecular weight excluding hydrogens is 132 g/mol. The van der Waals surface area contributed by atoms with Crippen molar-refractivity contribution in [1.29, 1.82) is 0 Å². The molecule has 0 bridgehead atoms. The fourth-order valence-corrected chi connectivity index (χ4v) is 0.684. The molecule has 50 valence electrons. The maximum Gasteiger partial charge on any atom is 0.218 e. The summed E-state index contributed by atoms with van der Waals surface area (Å²) in [6.07, 6.45) is 2.71. The van der Waals surface area contributed by atoms with E-state index in [2.05, 4.69) is 20.2 Å². The van der Waals surface area contributed by atoms with Gasteiger partial charge in [0.05, 0.1) is 0 Å². The monoisotopic (exact) mass is 136 g/mol. The summed E-state index contributed by atoms with van der Waals surface area (Å²) in [6, 6.07) is 0. The van der Waals surface area contributed by atoms with E-state index in [1.54, 1.807) is 0 Å². The van der Waals surface area contributed by atoms with E-state index in [9.17, 15) is 0 Å². The van der Waals surface area contributed by atoms with Crippen LogP contribution in [0.25, 0.3) is 5.65 Å². The number of nitrogens with two attached hydrogens (primary N) is 1. The number of fused-ring (bicyclic) bond motifs is 1. The summed E-state index contributed by atoms with van der Waals surface area (Å²) in [5.41, 5.74) is 5.91. The van der Waals surface area contributed by atoms with Crippen molar-refractivity contribution in [3.8, 4) is 0 Å². The minimum absolute atomic E-state index is 0.340. The van der Waals surface area contributed by atoms with Crippen LogP contribution < -0.4 is 5.73 Å². The minimum atomic E-state index is 0.340. The van der Waals surface area contributed by atoms with Crippen LogP contribution in [0.4, 0.5) is 5.82 Å². The Bertz CT molecular complexity index is 351. The van der Waals surface area contributed by atoms with Crippen molar-refractivity contribution < 1.29 is 0 Å². The molecule has 6 heteroatoms. The molecule has 0 aliphatic rings. The molecule has 2 aromatic rings. The third-order valence-corrected chi connectivity index (χ3v) is 1.12. The highest BCUT2D eigenvalue weighted by atomic mass is 15.4. The highest BCUT2D eigenvalue weighted by Crippen LogP contribution is 2.00. The number of rotatable bonds is 0.